The highest BCUT2D eigenvalue weighted by Gasteiger charge is 2.32. The summed E-state index contributed by atoms with van der Waals surface area (Å²) in [5.74, 6) is -0.365. The molecule has 1 unspecified atom stereocenters. The Hall–Kier alpha value is -1.28. The van der Waals surface area contributed by atoms with Gasteiger partial charge in [-0.05, 0) is 40.5 Å². The Morgan fingerprint density at radius 3 is 2.90 bits per heavy atom. The van der Waals surface area contributed by atoms with Gasteiger partial charge in [0.15, 0.2) is 0 Å². The van der Waals surface area contributed by atoms with Gasteiger partial charge >= 0.3 is 12.0 Å². The molecule has 0 spiro atoms. The van der Waals surface area contributed by atoms with Crippen molar-refractivity contribution in [2.75, 3.05) is 23.4 Å². The van der Waals surface area contributed by atoms with E-state index in [9.17, 15) is 14.0 Å². The molecular weight excluding hydrogens is 363 g/mol. The Balaban J connectivity index is 2.17. The minimum Gasteiger partial charge on any atom is -0.480 e. The van der Waals surface area contributed by atoms with Crippen LogP contribution in [0.25, 0.3) is 0 Å². The summed E-state index contributed by atoms with van der Waals surface area (Å²) in [5.41, 5.74) is 1.03. The molecule has 2 N–H and O–H groups in total. The minimum atomic E-state index is -1.02. The molecule has 21 heavy (non-hydrogen) atoms. The first-order valence-electron chi connectivity index (χ1n) is 6.24. The minimum absolute atomic E-state index is 0.243. The number of hydrogen-bond acceptors (Lipinski definition) is 3. The number of rotatable bonds is 2. The SMILES string of the molecule is Cc1cc(F)c(Br)cc1NC(=O)N1CCSCC1C(=O)O. The number of carboxylic acid groups (broad SMARTS) is 1. The molecule has 8 heteroatoms. The lowest BCUT2D eigenvalue weighted by molar-refractivity contribution is -0.141. The van der Waals surface area contributed by atoms with Crippen LogP contribution in [-0.4, -0.2) is 46.1 Å². The average molecular weight is 377 g/mol. The van der Waals surface area contributed by atoms with Gasteiger partial charge in [0.25, 0.3) is 0 Å². The van der Waals surface area contributed by atoms with Crippen molar-refractivity contribution in [2.24, 2.45) is 0 Å². The lowest BCUT2D eigenvalue weighted by Crippen LogP contribution is -2.51. The third-order valence-corrected chi connectivity index (χ3v) is 4.81. The van der Waals surface area contributed by atoms with Crippen LogP contribution in [0, 0.1) is 12.7 Å². The van der Waals surface area contributed by atoms with Gasteiger partial charge < -0.3 is 15.3 Å². The first kappa shape index (κ1) is 16.1. The number of urea groups is 1. The smallest absolute Gasteiger partial charge is 0.327 e. The van der Waals surface area contributed by atoms with Crippen LogP contribution in [0.15, 0.2) is 16.6 Å². The summed E-state index contributed by atoms with van der Waals surface area (Å²) in [6.07, 6.45) is 0. The molecule has 1 aromatic carbocycles. The van der Waals surface area contributed by atoms with Crippen molar-refractivity contribution in [2.45, 2.75) is 13.0 Å². The van der Waals surface area contributed by atoms with E-state index in [1.807, 2.05) is 0 Å². The molecule has 1 saturated heterocycles. The summed E-state index contributed by atoms with van der Waals surface area (Å²) in [4.78, 5) is 24.8. The Morgan fingerprint density at radius 2 is 2.24 bits per heavy atom. The van der Waals surface area contributed by atoms with Crippen molar-refractivity contribution in [3.05, 3.63) is 28.0 Å². The summed E-state index contributed by atoms with van der Waals surface area (Å²) < 4.78 is 13.6. The molecule has 114 valence electrons. The van der Waals surface area contributed by atoms with Gasteiger partial charge in [0.1, 0.15) is 11.9 Å². The molecule has 2 rings (SSSR count). The van der Waals surface area contributed by atoms with E-state index in [0.29, 0.717) is 29.3 Å². The molecule has 0 saturated carbocycles. The average Bonchev–Trinajstić information content (AvgIpc) is 2.44. The fourth-order valence-electron chi connectivity index (χ4n) is 2.02. The molecule has 1 aliphatic heterocycles. The first-order chi connectivity index (χ1) is 9.90. The molecule has 0 aliphatic carbocycles. The number of benzene rings is 1. The van der Waals surface area contributed by atoms with E-state index >= 15 is 0 Å². The van der Waals surface area contributed by atoms with E-state index in [2.05, 4.69) is 21.2 Å². The second-order valence-electron chi connectivity index (χ2n) is 4.63. The molecule has 0 bridgehead atoms. The van der Waals surface area contributed by atoms with Gasteiger partial charge in [0, 0.05) is 23.7 Å². The second-order valence-corrected chi connectivity index (χ2v) is 6.64. The van der Waals surface area contributed by atoms with Crippen LogP contribution in [0.1, 0.15) is 5.56 Å². The Bertz CT molecular complexity index is 585. The van der Waals surface area contributed by atoms with E-state index in [1.165, 1.54) is 28.8 Å². The monoisotopic (exact) mass is 376 g/mol. The molecule has 1 aromatic rings. The van der Waals surface area contributed by atoms with Gasteiger partial charge in [-0.3, -0.25) is 0 Å². The summed E-state index contributed by atoms with van der Waals surface area (Å²) in [6, 6.07) is 1.45. The van der Waals surface area contributed by atoms with Gasteiger partial charge in [-0.1, -0.05) is 0 Å². The molecule has 0 aromatic heterocycles. The largest absolute Gasteiger partial charge is 0.480 e. The predicted octanol–water partition coefficient (Wildman–Crippen LogP) is 2.93. The summed E-state index contributed by atoms with van der Waals surface area (Å²) >= 11 is 4.57. The van der Waals surface area contributed by atoms with Gasteiger partial charge in [-0.25, -0.2) is 14.0 Å². The number of hydrogen-bond donors (Lipinski definition) is 2. The zero-order chi connectivity index (χ0) is 15.6. The summed E-state index contributed by atoms with van der Waals surface area (Å²) in [6.45, 7) is 2.04. The first-order valence-corrected chi connectivity index (χ1v) is 8.18. The van der Waals surface area contributed by atoms with Crippen molar-refractivity contribution in [3.63, 3.8) is 0 Å². The molecule has 1 heterocycles. The highest BCUT2D eigenvalue weighted by atomic mass is 79.9. The zero-order valence-corrected chi connectivity index (χ0v) is 13.6. The number of thioether (sulfide) groups is 1. The molecule has 0 radical (unpaired) electrons. The molecular formula is C13H14BrFN2O3S. The van der Waals surface area contributed by atoms with E-state index in [-0.39, 0.29) is 4.47 Å². The number of carbonyl (C=O) groups is 2. The molecule has 1 atom stereocenters. The van der Waals surface area contributed by atoms with Crippen LogP contribution in [-0.2, 0) is 4.79 Å². The maximum Gasteiger partial charge on any atom is 0.327 e. The van der Waals surface area contributed by atoms with Crippen molar-refractivity contribution >= 4 is 45.4 Å². The fourth-order valence-corrected chi connectivity index (χ4v) is 3.40. The number of nitrogens with one attached hydrogen (secondary N) is 1. The second kappa shape index (κ2) is 6.65. The quantitative estimate of drug-likeness (QED) is 0.832. The molecule has 1 aliphatic rings. The van der Waals surface area contributed by atoms with Crippen molar-refractivity contribution in [3.8, 4) is 0 Å². The number of amides is 2. The third-order valence-electron chi connectivity index (χ3n) is 3.18. The maximum absolute atomic E-state index is 13.4. The number of aliphatic carboxylic acids is 1. The predicted molar refractivity (Wildman–Crippen MR) is 83.3 cm³/mol. The van der Waals surface area contributed by atoms with Gasteiger partial charge in [0.05, 0.1) is 4.47 Å². The van der Waals surface area contributed by atoms with Crippen LogP contribution in [0.2, 0.25) is 0 Å². The topological polar surface area (TPSA) is 69.6 Å². The standard InChI is InChI=1S/C13H14BrFN2O3S/c1-7-4-9(15)8(14)5-10(7)16-13(20)17-2-3-21-6-11(17)12(18)19/h4-5,11H,2-3,6H2,1H3,(H,16,20)(H,18,19). The van der Waals surface area contributed by atoms with E-state index in [0.717, 1.165) is 0 Å². The zero-order valence-electron chi connectivity index (χ0n) is 11.2. The Labute approximate surface area is 134 Å². The summed E-state index contributed by atoms with van der Waals surface area (Å²) in [5, 5.41) is 11.8. The lowest BCUT2D eigenvalue weighted by Gasteiger charge is -2.32. The molecule has 1 fully saturated rings. The number of anilines is 1. The van der Waals surface area contributed by atoms with Crippen LogP contribution in [0.4, 0.5) is 14.9 Å². The van der Waals surface area contributed by atoms with E-state index in [4.69, 9.17) is 5.11 Å². The van der Waals surface area contributed by atoms with Gasteiger partial charge in [-0.2, -0.15) is 11.8 Å². The highest BCUT2D eigenvalue weighted by molar-refractivity contribution is 9.10. The van der Waals surface area contributed by atoms with Crippen LogP contribution in [0.3, 0.4) is 0 Å². The number of halogens is 2. The Kier molecular flexibility index (Phi) is 5.10. The molecule has 2 amide bonds. The van der Waals surface area contributed by atoms with Crippen LogP contribution in [0.5, 0.6) is 0 Å². The van der Waals surface area contributed by atoms with Crippen molar-refractivity contribution < 1.29 is 19.1 Å². The fraction of sp³-hybridized carbons (Fsp3) is 0.385. The van der Waals surface area contributed by atoms with Gasteiger partial charge in [-0.15, -0.1) is 0 Å². The normalized spacial score (nSPS) is 18.4. The lowest BCUT2D eigenvalue weighted by atomic mass is 10.2. The number of carbonyl (C=O) groups excluding carboxylic acids is 1. The number of nitrogens with zero attached hydrogens (tertiary/aromatic N) is 1. The third kappa shape index (κ3) is 3.68. The van der Waals surface area contributed by atoms with Crippen LogP contribution >= 0.6 is 27.7 Å². The van der Waals surface area contributed by atoms with Crippen molar-refractivity contribution in [1.29, 1.82) is 0 Å². The van der Waals surface area contributed by atoms with Crippen LogP contribution < -0.4 is 5.32 Å². The maximum atomic E-state index is 13.4. The Morgan fingerprint density at radius 1 is 1.52 bits per heavy atom. The van der Waals surface area contributed by atoms with E-state index < -0.39 is 23.9 Å². The number of carboxylic acids is 1. The van der Waals surface area contributed by atoms with Gasteiger partial charge in [0.2, 0.25) is 0 Å². The molecule has 5 nitrogen and oxygen atoms in total. The van der Waals surface area contributed by atoms with E-state index in [1.54, 1.807) is 6.92 Å². The number of aryl methyl sites for hydroxylation is 1. The summed E-state index contributed by atoms with van der Waals surface area (Å²) in [7, 11) is 0. The van der Waals surface area contributed by atoms with Crippen molar-refractivity contribution in [1.82, 2.24) is 4.90 Å². The highest BCUT2D eigenvalue weighted by Crippen LogP contribution is 2.25.